The molecule has 1 heterocycles. The van der Waals surface area contributed by atoms with Crippen LogP contribution >= 0.6 is 11.8 Å². The quantitative estimate of drug-likeness (QED) is 0.522. The fourth-order valence-electron chi connectivity index (χ4n) is 2.43. The van der Waals surface area contributed by atoms with E-state index in [0.29, 0.717) is 5.75 Å². The number of ether oxygens (including phenoxy) is 1. The van der Waals surface area contributed by atoms with Crippen molar-refractivity contribution in [2.45, 2.75) is 12.1 Å². The number of para-hydroxylation sites is 1. The first-order valence-electron chi connectivity index (χ1n) is 7.46. The van der Waals surface area contributed by atoms with Crippen molar-refractivity contribution in [1.29, 1.82) is 0 Å². The molecule has 0 saturated carbocycles. The van der Waals surface area contributed by atoms with Crippen LogP contribution in [-0.2, 0) is 0 Å². The van der Waals surface area contributed by atoms with Crippen LogP contribution in [0.25, 0.3) is 17.1 Å². The lowest BCUT2D eigenvalue weighted by Crippen LogP contribution is -2.02. The molecule has 0 fully saturated rings. The molecular formula is C19H17N3OS. The van der Waals surface area contributed by atoms with Gasteiger partial charge in [0.25, 0.3) is 0 Å². The molecule has 3 rings (SSSR count). The minimum Gasteiger partial charge on any atom is -0.497 e. The van der Waals surface area contributed by atoms with Gasteiger partial charge in [0.2, 0.25) is 0 Å². The number of hydrogen-bond acceptors (Lipinski definition) is 4. The number of aromatic nitrogens is 3. The van der Waals surface area contributed by atoms with Crippen molar-refractivity contribution in [1.82, 2.24) is 14.8 Å². The smallest absolute Gasteiger partial charge is 0.197 e. The normalized spacial score (nSPS) is 10.4. The third-order valence-electron chi connectivity index (χ3n) is 3.62. The van der Waals surface area contributed by atoms with Gasteiger partial charge >= 0.3 is 0 Å². The summed E-state index contributed by atoms with van der Waals surface area (Å²) in [5.74, 6) is 4.78. The van der Waals surface area contributed by atoms with E-state index in [0.717, 1.165) is 33.5 Å². The second-order valence-electron chi connectivity index (χ2n) is 5.15. The Morgan fingerprint density at radius 3 is 2.54 bits per heavy atom. The van der Waals surface area contributed by atoms with Gasteiger partial charge in [-0.05, 0) is 42.8 Å². The topological polar surface area (TPSA) is 39.9 Å². The zero-order valence-electron chi connectivity index (χ0n) is 13.6. The van der Waals surface area contributed by atoms with E-state index in [9.17, 15) is 0 Å². The molecule has 120 valence electrons. The molecule has 1 aromatic heterocycles. The maximum atomic E-state index is 5.40. The Hall–Kier alpha value is -2.71. The summed E-state index contributed by atoms with van der Waals surface area (Å²) in [6.07, 6.45) is 5.40. The van der Waals surface area contributed by atoms with Crippen LogP contribution in [0.3, 0.4) is 0 Å². The van der Waals surface area contributed by atoms with Gasteiger partial charge < -0.3 is 4.74 Å². The first-order chi connectivity index (χ1) is 11.7. The predicted octanol–water partition coefficient (Wildman–Crippen LogP) is 3.98. The van der Waals surface area contributed by atoms with Gasteiger partial charge in [-0.25, -0.2) is 0 Å². The number of hydrogen-bond donors (Lipinski definition) is 0. The summed E-state index contributed by atoms with van der Waals surface area (Å²) in [5.41, 5.74) is 3.17. The van der Waals surface area contributed by atoms with Crippen LogP contribution < -0.4 is 4.74 Å². The Bertz CT molecular complexity index is 878. The van der Waals surface area contributed by atoms with E-state index >= 15 is 0 Å². The van der Waals surface area contributed by atoms with Crippen LogP contribution in [0.4, 0.5) is 0 Å². The number of nitrogens with zero attached hydrogens (tertiary/aromatic N) is 3. The van der Waals surface area contributed by atoms with Crippen molar-refractivity contribution in [3.8, 4) is 35.2 Å². The highest BCUT2D eigenvalue weighted by molar-refractivity contribution is 7.99. The van der Waals surface area contributed by atoms with E-state index in [4.69, 9.17) is 11.2 Å². The van der Waals surface area contributed by atoms with Crippen LogP contribution in [0.5, 0.6) is 5.75 Å². The largest absolute Gasteiger partial charge is 0.497 e. The van der Waals surface area contributed by atoms with Crippen molar-refractivity contribution in [2.24, 2.45) is 0 Å². The van der Waals surface area contributed by atoms with E-state index < -0.39 is 0 Å². The standard InChI is InChI=1S/C19H17N3OS/c1-4-13-24-19-21-20-18(15-9-11-16(23-3)12-10-15)22(19)17-8-6-5-7-14(17)2/h1,5-12H,13H2,2-3H3. The van der Waals surface area contributed by atoms with E-state index in [1.807, 2.05) is 36.4 Å². The molecule has 5 heteroatoms. The second-order valence-corrected chi connectivity index (χ2v) is 6.09. The number of terminal acetylenes is 1. The van der Waals surface area contributed by atoms with Crippen LogP contribution in [0.15, 0.2) is 53.7 Å². The molecule has 0 spiro atoms. The molecule has 0 saturated heterocycles. The summed E-state index contributed by atoms with van der Waals surface area (Å²) in [4.78, 5) is 0. The van der Waals surface area contributed by atoms with Crippen molar-refractivity contribution < 1.29 is 4.74 Å². The lowest BCUT2D eigenvalue weighted by molar-refractivity contribution is 0.415. The average molecular weight is 335 g/mol. The number of aryl methyl sites for hydroxylation is 1. The molecule has 0 radical (unpaired) electrons. The lowest BCUT2D eigenvalue weighted by Gasteiger charge is -2.12. The van der Waals surface area contributed by atoms with Crippen molar-refractivity contribution in [3.63, 3.8) is 0 Å². The minimum atomic E-state index is 0.548. The molecule has 0 N–H and O–H groups in total. The fourth-order valence-corrected chi connectivity index (χ4v) is 3.05. The Balaban J connectivity index is 2.14. The summed E-state index contributed by atoms with van der Waals surface area (Å²) < 4.78 is 7.28. The summed E-state index contributed by atoms with van der Waals surface area (Å²) in [6.45, 7) is 2.07. The maximum Gasteiger partial charge on any atom is 0.197 e. The van der Waals surface area contributed by atoms with Gasteiger partial charge in [-0.1, -0.05) is 35.9 Å². The minimum absolute atomic E-state index is 0.548. The molecule has 0 aliphatic heterocycles. The molecule has 3 aromatic rings. The van der Waals surface area contributed by atoms with Gasteiger partial charge in [-0.3, -0.25) is 4.57 Å². The Labute approximate surface area is 145 Å². The maximum absolute atomic E-state index is 5.40. The summed E-state index contributed by atoms with van der Waals surface area (Å²) in [5, 5.41) is 9.52. The van der Waals surface area contributed by atoms with Gasteiger partial charge in [-0.2, -0.15) is 0 Å². The molecule has 0 atom stereocenters. The summed E-state index contributed by atoms with van der Waals surface area (Å²) in [7, 11) is 1.65. The van der Waals surface area contributed by atoms with Gasteiger partial charge in [0, 0.05) is 5.56 Å². The number of rotatable bonds is 5. The van der Waals surface area contributed by atoms with E-state index in [1.165, 1.54) is 11.8 Å². The first-order valence-corrected chi connectivity index (χ1v) is 8.45. The Kier molecular flexibility index (Phi) is 4.88. The van der Waals surface area contributed by atoms with Gasteiger partial charge in [0.1, 0.15) is 5.75 Å². The number of methoxy groups -OCH3 is 1. The highest BCUT2D eigenvalue weighted by Gasteiger charge is 2.17. The van der Waals surface area contributed by atoms with Gasteiger partial charge in [0.05, 0.1) is 18.6 Å². The van der Waals surface area contributed by atoms with Crippen LogP contribution in [0.1, 0.15) is 5.56 Å². The predicted molar refractivity (Wildman–Crippen MR) is 97.6 cm³/mol. The molecule has 0 unspecified atom stereocenters. The van der Waals surface area contributed by atoms with E-state index in [1.54, 1.807) is 7.11 Å². The second kappa shape index (κ2) is 7.24. The van der Waals surface area contributed by atoms with E-state index in [-0.39, 0.29) is 0 Å². The lowest BCUT2D eigenvalue weighted by atomic mass is 10.1. The average Bonchev–Trinajstić information content (AvgIpc) is 3.04. The number of thioether (sulfide) groups is 1. The molecule has 0 aliphatic carbocycles. The molecule has 2 aromatic carbocycles. The SMILES string of the molecule is C#CCSc1nnc(-c2ccc(OC)cc2)n1-c1ccccc1C. The molecular weight excluding hydrogens is 318 g/mol. The van der Waals surface area contributed by atoms with Crippen LogP contribution in [0.2, 0.25) is 0 Å². The summed E-state index contributed by atoms with van der Waals surface area (Å²) in [6, 6.07) is 16.0. The van der Waals surface area contributed by atoms with Crippen molar-refractivity contribution >= 4 is 11.8 Å². The zero-order valence-corrected chi connectivity index (χ0v) is 14.4. The highest BCUT2D eigenvalue weighted by atomic mass is 32.2. The van der Waals surface area contributed by atoms with Crippen molar-refractivity contribution in [2.75, 3.05) is 12.9 Å². The van der Waals surface area contributed by atoms with Crippen LogP contribution in [0, 0.1) is 19.3 Å². The van der Waals surface area contributed by atoms with Crippen LogP contribution in [-0.4, -0.2) is 27.6 Å². The Morgan fingerprint density at radius 1 is 1.12 bits per heavy atom. The molecule has 24 heavy (non-hydrogen) atoms. The summed E-state index contributed by atoms with van der Waals surface area (Å²) >= 11 is 1.50. The fraction of sp³-hybridized carbons (Fsp3) is 0.158. The monoisotopic (exact) mass is 335 g/mol. The van der Waals surface area contributed by atoms with Gasteiger partial charge in [-0.15, -0.1) is 16.6 Å². The third-order valence-corrected chi connectivity index (χ3v) is 4.46. The highest BCUT2D eigenvalue weighted by Crippen LogP contribution is 2.30. The Morgan fingerprint density at radius 2 is 1.88 bits per heavy atom. The van der Waals surface area contributed by atoms with Gasteiger partial charge in [0.15, 0.2) is 11.0 Å². The molecule has 0 bridgehead atoms. The molecule has 4 nitrogen and oxygen atoms in total. The third kappa shape index (κ3) is 3.15. The number of benzene rings is 2. The zero-order chi connectivity index (χ0) is 16.9. The first kappa shape index (κ1) is 16.2. The van der Waals surface area contributed by atoms with E-state index in [2.05, 4.69) is 39.7 Å². The van der Waals surface area contributed by atoms with Crippen molar-refractivity contribution in [3.05, 3.63) is 54.1 Å². The molecule has 0 amide bonds. The molecule has 0 aliphatic rings.